The van der Waals surface area contributed by atoms with Gasteiger partial charge in [0.15, 0.2) is 23.6 Å². The lowest BCUT2D eigenvalue weighted by Gasteiger charge is -2.26. The third-order valence-corrected chi connectivity index (χ3v) is 7.56. The van der Waals surface area contributed by atoms with Crippen molar-refractivity contribution >= 4 is 21.5 Å². The van der Waals surface area contributed by atoms with E-state index in [1.165, 1.54) is 7.11 Å². The molecule has 5 rings (SSSR count). The van der Waals surface area contributed by atoms with E-state index in [0.29, 0.717) is 36.0 Å². The molecule has 1 atom stereocenters. The molecular weight excluding hydrogens is 534 g/mol. The largest absolute Gasteiger partial charge is 0.497 e. The van der Waals surface area contributed by atoms with Crippen molar-refractivity contribution in [3.05, 3.63) is 54.0 Å². The van der Waals surface area contributed by atoms with Crippen molar-refractivity contribution < 1.29 is 22.6 Å². The van der Waals surface area contributed by atoms with E-state index in [1.807, 2.05) is 46.8 Å². The van der Waals surface area contributed by atoms with Crippen LogP contribution in [0.15, 0.2) is 47.9 Å². The molecule has 0 radical (unpaired) electrons. The van der Waals surface area contributed by atoms with Gasteiger partial charge in [0, 0.05) is 43.4 Å². The SMILES string of the molecule is COc1ccc(CN(c2cc(C)n(C3CCCCO3)n2)c2nc(S(C)(=O)=O)nc(-c3cnn(C)c3)c2OC)cc1. The lowest BCUT2D eigenvalue weighted by molar-refractivity contribution is -0.0405. The molecule has 212 valence electrons. The minimum Gasteiger partial charge on any atom is -0.497 e. The Bertz CT molecular complexity index is 1590. The second-order valence-corrected chi connectivity index (χ2v) is 11.6. The van der Waals surface area contributed by atoms with Crippen LogP contribution in [0.25, 0.3) is 11.3 Å². The highest BCUT2D eigenvalue weighted by Crippen LogP contribution is 2.40. The normalized spacial score (nSPS) is 15.7. The number of rotatable bonds is 9. The summed E-state index contributed by atoms with van der Waals surface area (Å²) in [6.45, 7) is 2.97. The molecule has 4 heterocycles. The van der Waals surface area contributed by atoms with E-state index in [4.69, 9.17) is 19.3 Å². The molecule has 13 heteroatoms. The number of hydrogen-bond acceptors (Lipinski definition) is 10. The van der Waals surface area contributed by atoms with Crippen LogP contribution in [0.4, 0.5) is 11.6 Å². The number of ether oxygens (including phenoxy) is 3. The maximum atomic E-state index is 12.8. The monoisotopic (exact) mass is 567 g/mol. The first kappa shape index (κ1) is 27.6. The molecule has 0 saturated carbocycles. The van der Waals surface area contributed by atoms with Crippen molar-refractivity contribution in [1.82, 2.24) is 29.5 Å². The van der Waals surface area contributed by atoms with Crippen molar-refractivity contribution in [2.45, 2.75) is 44.1 Å². The van der Waals surface area contributed by atoms with Crippen molar-refractivity contribution in [1.29, 1.82) is 0 Å². The number of anilines is 2. The molecule has 1 aliphatic heterocycles. The second-order valence-electron chi connectivity index (χ2n) is 9.73. The number of aryl methyl sites for hydroxylation is 2. The van der Waals surface area contributed by atoms with Crippen LogP contribution in [0.2, 0.25) is 0 Å². The predicted octanol–water partition coefficient (Wildman–Crippen LogP) is 3.84. The summed E-state index contributed by atoms with van der Waals surface area (Å²) in [5.41, 5.74) is 2.74. The van der Waals surface area contributed by atoms with Crippen LogP contribution in [0, 0.1) is 6.92 Å². The van der Waals surface area contributed by atoms with Crippen LogP contribution in [-0.4, -0.2) is 65.0 Å². The first-order chi connectivity index (χ1) is 19.2. The number of benzene rings is 1. The average molecular weight is 568 g/mol. The van der Waals surface area contributed by atoms with Gasteiger partial charge in [0.25, 0.3) is 0 Å². The highest BCUT2D eigenvalue weighted by molar-refractivity contribution is 7.90. The molecule has 40 heavy (non-hydrogen) atoms. The van der Waals surface area contributed by atoms with Gasteiger partial charge in [0.1, 0.15) is 11.4 Å². The Balaban J connectivity index is 1.71. The van der Waals surface area contributed by atoms with E-state index >= 15 is 0 Å². The molecule has 4 aromatic rings. The Kier molecular flexibility index (Phi) is 7.76. The van der Waals surface area contributed by atoms with Gasteiger partial charge in [0.2, 0.25) is 15.0 Å². The fourth-order valence-corrected chi connectivity index (χ4v) is 5.19. The van der Waals surface area contributed by atoms with Crippen LogP contribution < -0.4 is 14.4 Å². The molecule has 0 bridgehead atoms. The standard InChI is InChI=1S/C27H33N7O5S/c1-18-14-22(31-34(18)23-8-6-7-13-39-23)33(16-19-9-11-21(37-3)12-10-19)26-25(38-4)24(20-15-28-32(2)17-20)29-27(30-26)40(5,35)36/h9-12,14-15,17,23H,6-8,13,16H2,1-5H3. The topological polar surface area (TPSA) is 126 Å². The van der Waals surface area contributed by atoms with Gasteiger partial charge in [0.05, 0.1) is 27.0 Å². The van der Waals surface area contributed by atoms with Gasteiger partial charge in [-0.3, -0.25) is 4.68 Å². The number of aromatic nitrogens is 6. The zero-order valence-electron chi connectivity index (χ0n) is 23.2. The first-order valence-electron chi connectivity index (χ1n) is 12.9. The van der Waals surface area contributed by atoms with Crippen molar-refractivity contribution in [3.63, 3.8) is 0 Å². The van der Waals surface area contributed by atoms with E-state index < -0.39 is 9.84 Å². The first-order valence-corrected chi connectivity index (χ1v) is 14.8. The Morgan fingerprint density at radius 3 is 2.50 bits per heavy atom. The number of hydrogen-bond donors (Lipinski definition) is 0. The van der Waals surface area contributed by atoms with Crippen molar-refractivity contribution in [3.8, 4) is 22.8 Å². The van der Waals surface area contributed by atoms with Crippen LogP contribution in [0.3, 0.4) is 0 Å². The lowest BCUT2D eigenvalue weighted by atomic mass is 10.1. The maximum absolute atomic E-state index is 12.8. The van der Waals surface area contributed by atoms with Gasteiger partial charge in [-0.1, -0.05) is 12.1 Å². The summed E-state index contributed by atoms with van der Waals surface area (Å²) in [4.78, 5) is 10.8. The third-order valence-electron chi connectivity index (χ3n) is 6.71. The van der Waals surface area contributed by atoms with Gasteiger partial charge in [-0.2, -0.15) is 15.2 Å². The predicted molar refractivity (Wildman–Crippen MR) is 149 cm³/mol. The average Bonchev–Trinajstić information content (AvgIpc) is 3.56. The zero-order chi connectivity index (χ0) is 28.4. The number of sulfone groups is 1. The molecule has 12 nitrogen and oxygen atoms in total. The van der Waals surface area contributed by atoms with Gasteiger partial charge in [-0.15, -0.1) is 0 Å². The molecule has 0 N–H and O–H groups in total. The molecule has 0 spiro atoms. The van der Waals surface area contributed by atoms with Crippen molar-refractivity contribution in [2.75, 3.05) is 32.0 Å². The Hall–Kier alpha value is -3.97. The van der Waals surface area contributed by atoms with Gasteiger partial charge < -0.3 is 19.1 Å². The molecule has 1 saturated heterocycles. The van der Waals surface area contributed by atoms with Crippen LogP contribution in [0.1, 0.15) is 36.7 Å². The van der Waals surface area contributed by atoms with E-state index in [9.17, 15) is 8.42 Å². The summed E-state index contributed by atoms with van der Waals surface area (Å²) >= 11 is 0. The molecule has 1 aliphatic rings. The smallest absolute Gasteiger partial charge is 0.249 e. The molecule has 1 unspecified atom stereocenters. The molecule has 0 amide bonds. The minimum absolute atomic E-state index is 0.171. The highest BCUT2D eigenvalue weighted by atomic mass is 32.2. The summed E-state index contributed by atoms with van der Waals surface area (Å²) in [6, 6.07) is 9.55. The minimum atomic E-state index is -3.79. The third kappa shape index (κ3) is 5.65. The highest BCUT2D eigenvalue weighted by Gasteiger charge is 2.29. The van der Waals surface area contributed by atoms with Gasteiger partial charge in [-0.05, 0) is 43.9 Å². The summed E-state index contributed by atoms with van der Waals surface area (Å²) < 4.78 is 46.2. The quantitative estimate of drug-likeness (QED) is 0.275. The summed E-state index contributed by atoms with van der Waals surface area (Å²) in [7, 11) is 1.11. The molecule has 0 aliphatic carbocycles. The maximum Gasteiger partial charge on any atom is 0.249 e. The van der Waals surface area contributed by atoms with Gasteiger partial charge in [-0.25, -0.2) is 18.1 Å². The fourth-order valence-electron chi connectivity index (χ4n) is 4.68. The van der Waals surface area contributed by atoms with Crippen molar-refractivity contribution in [2.24, 2.45) is 7.05 Å². The lowest BCUT2D eigenvalue weighted by Crippen LogP contribution is -2.23. The summed E-state index contributed by atoms with van der Waals surface area (Å²) in [5, 5.41) is 8.84. The van der Waals surface area contributed by atoms with Crippen LogP contribution >= 0.6 is 0 Å². The van der Waals surface area contributed by atoms with E-state index in [1.54, 1.807) is 31.2 Å². The number of nitrogens with zero attached hydrogens (tertiary/aromatic N) is 7. The summed E-state index contributed by atoms with van der Waals surface area (Å²) in [5.74, 6) is 1.86. The van der Waals surface area contributed by atoms with E-state index in [2.05, 4.69) is 15.1 Å². The fraction of sp³-hybridized carbons (Fsp3) is 0.407. The molecule has 3 aromatic heterocycles. The van der Waals surface area contributed by atoms with Crippen LogP contribution in [0.5, 0.6) is 11.5 Å². The zero-order valence-corrected chi connectivity index (χ0v) is 24.1. The van der Waals surface area contributed by atoms with E-state index in [0.717, 1.165) is 42.5 Å². The van der Waals surface area contributed by atoms with Crippen LogP contribution in [-0.2, 0) is 28.2 Å². The Labute approximate surface area is 233 Å². The Morgan fingerprint density at radius 1 is 1.12 bits per heavy atom. The second kappa shape index (κ2) is 11.3. The Morgan fingerprint density at radius 2 is 1.90 bits per heavy atom. The van der Waals surface area contributed by atoms with E-state index in [-0.39, 0.29) is 17.2 Å². The molecular formula is C27H33N7O5S. The van der Waals surface area contributed by atoms with Gasteiger partial charge >= 0.3 is 0 Å². The molecule has 1 fully saturated rings. The molecule has 1 aromatic carbocycles. The number of methoxy groups -OCH3 is 2. The summed E-state index contributed by atoms with van der Waals surface area (Å²) in [6.07, 6.45) is 7.20.